The van der Waals surface area contributed by atoms with Crippen molar-refractivity contribution in [3.63, 3.8) is 0 Å². The van der Waals surface area contributed by atoms with Crippen LogP contribution in [0, 0.1) is 11.6 Å². The molecule has 0 aliphatic carbocycles. The molecule has 40 heavy (non-hydrogen) atoms. The molecule has 2 aromatic carbocycles. The van der Waals surface area contributed by atoms with E-state index in [0.717, 1.165) is 48.8 Å². The van der Waals surface area contributed by atoms with Gasteiger partial charge in [-0.1, -0.05) is 6.07 Å². The van der Waals surface area contributed by atoms with Gasteiger partial charge in [-0.05, 0) is 87.6 Å². The molecule has 212 valence electrons. The van der Waals surface area contributed by atoms with Gasteiger partial charge in [0.15, 0.2) is 27.2 Å². The molecular weight excluding hydrogens is 536 g/mol. The number of nitrogens with one attached hydrogen (secondary N) is 1. The first-order valence-corrected chi connectivity index (χ1v) is 15.5. The van der Waals surface area contributed by atoms with E-state index in [4.69, 9.17) is 4.74 Å². The second-order valence-corrected chi connectivity index (χ2v) is 13.3. The third kappa shape index (κ3) is 5.01. The maximum absolute atomic E-state index is 15.1. The number of ether oxygens (including phenoxy) is 1. The van der Waals surface area contributed by atoms with Gasteiger partial charge < -0.3 is 19.9 Å². The van der Waals surface area contributed by atoms with E-state index in [9.17, 15) is 8.42 Å². The summed E-state index contributed by atoms with van der Waals surface area (Å²) in [5, 5.41) is 3.13. The topological polar surface area (TPSA) is 87.7 Å². The summed E-state index contributed by atoms with van der Waals surface area (Å²) >= 11 is 0. The van der Waals surface area contributed by atoms with E-state index in [1.54, 1.807) is 6.07 Å². The van der Waals surface area contributed by atoms with Crippen molar-refractivity contribution >= 4 is 27.2 Å². The van der Waals surface area contributed by atoms with Crippen LogP contribution in [0.25, 0.3) is 11.3 Å². The Hall–Kier alpha value is -3.31. The SMILES string of the molecule is CC(C)N1CCOc2c(F)cc(-c3nc(Nc4ccc(C5CCN(C)CC5)c5c4CS(=O)(=O)C5)ncc3F)cc21. The maximum atomic E-state index is 15.1. The highest BCUT2D eigenvalue weighted by molar-refractivity contribution is 7.90. The monoisotopic (exact) mass is 569 g/mol. The first-order valence-electron chi connectivity index (χ1n) is 13.7. The number of sulfone groups is 1. The van der Waals surface area contributed by atoms with Gasteiger partial charge in [0.1, 0.15) is 12.3 Å². The van der Waals surface area contributed by atoms with Crippen molar-refractivity contribution in [2.24, 2.45) is 0 Å². The number of rotatable bonds is 5. The molecule has 1 N–H and O–H groups in total. The predicted molar refractivity (Wildman–Crippen MR) is 151 cm³/mol. The van der Waals surface area contributed by atoms with Crippen LogP contribution in [0.1, 0.15) is 49.3 Å². The van der Waals surface area contributed by atoms with Crippen LogP contribution in [0.5, 0.6) is 5.75 Å². The van der Waals surface area contributed by atoms with Crippen molar-refractivity contribution < 1.29 is 21.9 Å². The highest BCUT2D eigenvalue weighted by Gasteiger charge is 2.33. The van der Waals surface area contributed by atoms with Crippen molar-refractivity contribution in [2.45, 2.75) is 50.2 Å². The summed E-state index contributed by atoms with van der Waals surface area (Å²) in [6, 6.07) is 6.88. The minimum Gasteiger partial charge on any atom is -0.486 e. The fourth-order valence-corrected chi connectivity index (χ4v) is 7.73. The Kier molecular flexibility index (Phi) is 6.90. The number of halogens is 2. The van der Waals surface area contributed by atoms with Crippen molar-refractivity contribution in [2.75, 3.05) is 43.5 Å². The molecular formula is C29H33F2N5O3S. The Labute approximate surface area is 233 Å². The second-order valence-electron chi connectivity index (χ2n) is 11.2. The predicted octanol–water partition coefficient (Wildman–Crippen LogP) is 5.01. The fraction of sp³-hybridized carbons (Fsp3) is 0.448. The molecule has 0 unspecified atom stereocenters. The number of nitrogens with zero attached hydrogens (tertiary/aromatic N) is 4. The number of piperidine rings is 1. The Morgan fingerprint density at radius 2 is 1.80 bits per heavy atom. The molecule has 3 aromatic rings. The third-order valence-corrected chi connectivity index (χ3v) is 9.61. The minimum absolute atomic E-state index is 0.0118. The number of hydrogen-bond donors (Lipinski definition) is 1. The molecule has 3 aliphatic rings. The van der Waals surface area contributed by atoms with Gasteiger partial charge in [0, 0.05) is 17.3 Å². The maximum Gasteiger partial charge on any atom is 0.227 e. The summed E-state index contributed by atoms with van der Waals surface area (Å²) in [4.78, 5) is 12.8. The van der Waals surface area contributed by atoms with Crippen LogP contribution < -0.4 is 15.0 Å². The highest BCUT2D eigenvalue weighted by Crippen LogP contribution is 2.42. The van der Waals surface area contributed by atoms with Gasteiger partial charge in [0.25, 0.3) is 0 Å². The van der Waals surface area contributed by atoms with Gasteiger partial charge in [-0.3, -0.25) is 0 Å². The van der Waals surface area contributed by atoms with Gasteiger partial charge in [-0.15, -0.1) is 0 Å². The zero-order valence-corrected chi connectivity index (χ0v) is 23.7. The van der Waals surface area contributed by atoms with E-state index in [0.29, 0.717) is 30.4 Å². The quantitative estimate of drug-likeness (QED) is 0.459. The molecule has 6 rings (SSSR count). The standard InChI is InChI=1S/C29H33F2N5O3S/c1-17(2)36-10-11-39-28-23(30)12-19(13-26(28)36)27-24(31)14-32-29(34-27)33-25-5-4-20(18-6-8-35(3)9-7-18)21-15-40(37,38)16-22(21)25/h4-5,12-14,17-18H,6-11,15-16H2,1-3H3,(H,32,33,34). The zero-order valence-electron chi connectivity index (χ0n) is 22.9. The Bertz CT molecular complexity index is 1570. The van der Waals surface area contributed by atoms with Crippen LogP contribution in [0.2, 0.25) is 0 Å². The minimum atomic E-state index is -3.29. The molecule has 0 atom stereocenters. The summed E-state index contributed by atoms with van der Waals surface area (Å²) < 4.78 is 61.1. The Morgan fingerprint density at radius 1 is 1.05 bits per heavy atom. The molecule has 0 amide bonds. The zero-order chi connectivity index (χ0) is 28.2. The lowest BCUT2D eigenvalue weighted by atomic mass is 9.85. The lowest BCUT2D eigenvalue weighted by Crippen LogP contribution is -2.38. The van der Waals surface area contributed by atoms with Crippen LogP contribution in [0.3, 0.4) is 0 Å². The molecule has 4 heterocycles. The molecule has 1 aromatic heterocycles. The Morgan fingerprint density at radius 3 is 2.55 bits per heavy atom. The summed E-state index contributed by atoms with van der Waals surface area (Å²) in [7, 11) is -1.19. The average molecular weight is 570 g/mol. The van der Waals surface area contributed by atoms with E-state index >= 15 is 8.78 Å². The van der Waals surface area contributed by atoms with Crippen LogP contribution in [0.4, 0.5) is 26.1 Å². The van der Waals surface area contributed by atoms with Crippen molar-refractivity contribution in [1.82, 2.24) is 14.9 Å². The summed E-state index contributed by atoms with van der Waals surface area (Å²) in [6.45, 7) is 6.92. The molecule has 11 heteroatoms. The number of anilines is 3. The first kappa shape index (κ1) is 26.9. The molecule has 0 spiro atoms. The van der Waals surface area contributed by atoms with Crippen molar-refractivity contribution in [3.8, 4) is 17.0 Å². The van der Waals surface area contributed by atoms with E-state index in [2.05, 4.69) is 27.2 Å². The van der Waals surface area contributed by atoms with Crippen LogP contribution in [-0.2, 0) is 21.3 Å². The molecule has 1 saturated heterocycles. The van der Waals surface area contributed by atoms with Crippen LogP contribution >= 0.6 is 0 Å². The number of hydrogen-bond acceptors (Lipinski definition) is 8. The number of fused-ring (bicyclic) bond motifs is 2. The van der Waals surface area contributed by atoms with Crippen molar-refractivity contribution in [1.29, 1.82) is 0 Å². The summed E-state index contributed by atoms with van der Waals surface area (Å²) in [6.07, 6.45) is 3.01. The molecule has 8 nitrogen and oxygen atoms in total. The molecule has 0 saturated carbocycles. The number of likely N-dealkylation sites (tertiary alicyclic amines) is 1. The van der Waals surface area contributed by atoms with E-state index in [1.165, 1.54) is 6.07 Å². The summed E-state index contributed by atoms with van der Waals surface area (Å²) in [5.41, 5.74) is 4.01. The molecule has 0 radical (unpaired) electrons. The van der Waals surface area contributed by atoms with Crippen LogP contribution in [0.15, 0.2) is 30.5 Å². The van der Waals surface area contributed by atoms with Gasteiger partial charge in [0.2, 0.25) is 5.95 Å². The molecule has 3 aliphatic heterocycles. The largest absolute Gasteiger partial charge is 0.486 e. The lowest BCUT2D eigenvalue weighted by molar-refractivity contribution is 0.255. The molecule has 1 fully saturated rings. The van der Waals surface area contributed by atoms with Gasteiger partial charge in [0.05, 0.1) is 29.9 Å². The van der Waals surface area contributed by atoms with E-state index in [1.807, 2.05) is 30.9 Å². The molecule has 0 bridgehead atoms. The van der Waals surface area contributed by atoms with Crippen LogP contribution in [-0.4, -0.2) is 62.6 Å². The van der Waals surface area contributed by atoms with Gasteiger partial charge >= 0.3 is 0 Å². The Balaban J connectivity index is 1.35. The smallest absolute Gasteiger partial charge is 0.227 e. The highest BCUT2D eigenvalue weighted by atomic mass is 32.2. The fourth-order valence-electron chi connectivity index (χ4n) is 6.08. The normalized spacial score (nSPS) is 18.9. The second kappa shape index (κ2) is 10.3. The number of aromatic nitrogens is 2. The first-order chi connectivity index (χ1) is 19.1. The van der Waals surface area contributed by atoms with E-state index in [-0.39, 0.29) is 40.5 Å². The number of benzene rings is 2. The van der Waals surface area contributed by atoms with E-state index < -0.39 is 21.5 Å². The van der Waals surface area contributed by atoms with Gasteiger partial charge in [-0.2, -0.15) is 0 Å². The average Bonchev–Trinajstić information content (AvgIpc) is 3.25. The summed E-state index contributed by atoms with van der Waals surface area (Å²) in [5.74, 6) is -0.767. The lowest BCUT2D eigenvalue weighted by Gasteiger charge is -2.34. The van der Waals surface area contributed by atoms with Gasteiger partial charge in [-0.25, -0.2) is 27.2 Å². The van der Waals surface area contributed by atoms with Crippen molar-refractivity contribution in [3.05, 3.63) is 58.8 Å². The third-order valence-electron chi connectivity index (χ3n) is 8.15.